The summed E-state index contributed by atoms with van der Waals surface area (Å²) in [5, 5.41) is 11.0. The molecule has 124 valence electrons. The first-order chi connectivity index (χ1) is 10.5. The Morgan fingerprint density at radius 3 is 2.59 bits per heavy atom. The maximum absolute atomic E-state index is 11.8. The Bertz CT molecular complexity index is 453. The molecule has 5 atom stereocenters. The summed E-state index contributed by atoms with van der Waals surface area (Å²) in [6.45, 7) is -1.04. The zero-order chi connectivity index (χ0) is 16.3. The van der Waals surface area contributed by atoms with Crippen molar-refractivity contribution in [3.63, 3.8) is 0 Å². The van der Waals surface area contributed by atoms with Gasteiger partial charge in [-0.15, -0.1) is 0 Å². The fourth-order valence-electron chi connectivity index (χ4n) is 2.91. The molecule has 2 bridgehead atoms. The zero-order valence-electron chi connectivity index (χ0n) is 12.3. The molecule has 22 heavy (non-hydrogen) atoms. The van der Waals surface area contributed by atoms with Crippen LogP contribution in [0.25, 0.3) is 0 Å². The first-order valence-corrected chi connectivity index (χ1v) is 6.86. The van der Waals surface area contributed by atoms with E-state index in [4.69, 9.17) is 19.3 Å². The van der Waals surface area contributed by atoms with Crippen LogP contribution in [0, 0.1) is 5.92 Å². The molecule has 2 N–H and O–H groups in total. The monoisotopic (exact) mass is 317 g/mol. The van der Waals surface area contributed by atoms with Crippen LogP contribution in [0.5, 0.6) is 0 Å². The van der Waals surface area contributed by atoms with Gasteiger partial charge in [-0.3, -0.25) is 4.79 Å². The summed E-state index contributed by atoms with van der Waals surface area (Å²) in [5.41, 5.74) is 0. The van der Waals surface area contributed by atoms with Crippen molar-refractivity contribution in [2.24, 2.45) is 5.92 Å². The Morgan fingerprint density at radius 1 is 1.27 bits per heavy atom. The molecule has 2 aliphatic heterocycles. The first kappa shape index (κ1) is 16.7. The van der Waals surface area contributed by atoms with Gasteiger partial charge in [-0.05, 0) is 6.42 Å². The second-order valence-corrected chi connectivity index (χ2v) is 5.14. The lowest BCUT2D eigenvalue weighted by Crippen LogP contribution is -2.49. The summed E-state index contributed by atoms with van der Waals surface area (Å²) >= 11 is 0. The van der Waals surface area contributed by atoms with Crippen LogP contribution in [0.15, 0.2) is 0 Å². The van der Waals surface area contributed by atoms with E-state index < -0.39 is 49.6 Å². The second-order valence-electron chi connectivity index (χ2n) is 5.14. The van der Waals surface area contributed by atoms with Gasteiger partial charge in [-0.1, -0.05) is 0 Å². The highest BCUT2D eigenvalue weighted by Crippen LogP contribution is 2.42. The van der Waals surface area contributed by atoms with E-state index in [1.165, 1.54) is 7.11 Å². The lowest BCUT2D eigenvalue weighted by Gasteiger charge is -2.30. The summed E-state index contributed by atoms with van der Waals surface area (Å²) < 4.78 is 20.9. The minimum atomic E-state index is -1.17. The largest absolute Gasteiger partial charge is 0.480 e. The number of aliphatic carboxylic acids is 1. The Balaban J connectivity index is 1.89. The lowest BCUT2D eigenvalue weighted by atomic mass is 9.84. The van der Waals surface area contributed by atoms with Crippen LogP contribution in [0.4, 0.5) is 0 Å². The van der Waals surface area contributed by atoms with Crippen LogP contribution in [0.3, 0.4) is 0 Å². The third-order valence-corrected chi connectivity index (χ3v) is 3.80. The molecule has 0 spiro atoms. The van der Waals surface area contributed by atoms with Gasteiger partial charge in [0.2, 0.25) is 5.91 Å². The first-order valence-electron chi connectivity index (χ1n) is 6.86. The minimum Gasteiger partial charge on any atom is -0.480 e. The highest BCUT2D eigenvalue weighted by molar-refractivity contribution is 5.80. The number of carboxylic acid groups (broad SMARTS) is 1. The summed E-state index contributed by atoms with van der Waals surface area (Å²) in [6.07, 6.45) is -1.60. The van der Waals surface area contributed by atoms with E-state index in [2.05, 4.69) is 10.1 Å². The number of amides is 1. The molecule has 2 heterocycles. The zero-order valence-corrected chi connectivity index (χ0v) is 12.3. The smallest absolute Gasteiger partial charge is 0.332 e. The number of carbonyl (C=O) groups is 3. The van der Waals surface area contributed by atoms with Gasteiger partial charge >= 0.3 is 11.9 Å². The van der Waals surface area contributed by atoms with Crippen molar-refractivity contribution in [2.75, 3.05) is 27.4 Å². The molecule has 1 amide bonds. The summed E-state index contributed by atoms with van der Waals surface area (Å²) in [4.78, 5) is 33.7. The molecule has 9 heteroatoms. The minimum absolute atomic E-state index is 0.135. The van der Waals surface area contributed by atoms with E-state index in [-0.39, 0.29) is 11.8 Å². The molecule has 3 unspecified atom stereocenters. The van der Waals surface area contributed by atoms with Crippen LogP contribution >= 0.6 is 0 Å². The van der Waals surface area contributed by atoms with E-state index in [1.807, 2.05) is 0 Å². The number of hydrogen-bond acceptors (Lipinski definition) is 7. The van der Waals surface area contributed by atoms with Crippen molar-refractivity contribution < 1.29 is 38.4 Å². The van der Waals surface area contributed by atoms with E-state index in [0.717, 1.165) is 0 Å². The molecule has 0 aromatic heterocycles. The number of carbonyl (C=O) groups excluding carboxylic acids is 2. The van der Waals surface area contributed by atoms with Crippen LogP contribution in [-0.4, -0.2) is 74.7 Å². The van der Waals surface area contributed by atoms with Crippen LogP contribution in [-0.2, 0) is 33.3 Å². The quantitative estimate of drug-likeness (QED) is 0.547. The van der Waals surface area contributed by atoms with Crippen molar-refractivity contribution in [1.29, 1.82) is 0 Å². The molecule has 2 rings (SSSR count). The average molecular weight is 317 g/mol. The van der Waals surface area contributed by atoms with Crippen molar-refractivity contribution in [3.8, 4) is 0 Å². The molecule has 0 aliphatic carbocycles. The molecule has 2 aliphatic rings. The number of rotatable bonds is 7. The van der Waals surface area contributed by atoms with E-state index in [0.29, 0.717) is 6.42 Å². The topological polar surface area (TPSA) is 120 Å². The van der Waals surface area contributed by atoms with Crippen LogP contribution in [0.1, 0.15) is 6.42 Å². The van der Waals surface area contributed by atoms with E-state index in [1.54, 1.807) is 7.05 Å². The number of ether oxygens (including phenoxy) is 4. The number of esters is 1. The molecule has 0 saturated carbocycles. The molecule has 0 aromatic rings. The number of carboxylic acids is 1. The number of fused-ring (bicyclic) bond motifs is 2. The van der Waals surface area contributed by atoms with Gasteiger partial charge in [0.1, 0.15) is 19.3 Å². The standard InChI is InChI=1S/C13H19NO8/c1-14-13(18)6-3-7-11(12(19-2)10(6)21-7)22-9(17)5-20-4-8(15)16/h6-7,10-12H,3-5H2,1-2H3,(H,14,18)(H,15,16)/t6?,7?,10-,11?,12+/m0/s1. The molecular weight excluding hydrogens is 298 g/mol. The fourth-order valence-corrected chi connectivity index (χ4v) is 2.91. The van der Waals surface area contributed by atoms with Gasteiger partial charge in [0.15, 0.2) is 6.10 Å². The van der Waals surface area contributed by atoms with Crippen molar-refractivity contribution >= 4 is 17.8 Å². The van der Waals surface area contributed by atoms with Gasteiger partial charge in [-0.2, -0.15) is 0 Å². The lowest BCUT2D eigenvalue weighted by molar-refractivity contribution is -0.165. The highest BCUT2D eigenvalue weighted by atomic mass is 16.6. The van der Waals surface area contributed by atoms with Gasteiger partial charge < -0.3 is 29.4 Å². The van der Waals surface area contributed by atoms with Crippen molar-refractivity contribution in [2.45, 2.75) is 30.8 Å². The predicted octanol–water partition coefficient (Wildman–Crippen LogP) is -1.45. The molecule has 0 aromatic carbocycles. The SMILES string of the molecule is CNC(=O)C1CC2O[C@@H]1[C@@H](OC)C2OC(=O)COCC(=O)O. The summed E-state index contributed by atoms with van der Waals surface area (Å²) in [7, 11) is 3.00. The number of hydrogen-bond donors (Lipinski definition) is 2. The van der Waals surface area contributed by atoms with Crippen LogP contribution < -0.4 is 5.32 Å². The third kappa shape index (κ3) is 3.37. The molecule has 2 fully saturated rings. The van der Waals surface area contributed by atoms with Gasteiger partial charge in [0.25, 0.3) is 0 Å². The fraction of sp³-hybridized carbons (Fsp3) is 0.769. The second kappa shape index (κ2) is 7.03. The third-order valence-electron chi connectivity index (χ3n) is 3.80. The Morgan fingerprint density at radius 2 is 2.00 bits per heavy atom. The number of methoxy groups -OCH3 is 1. The van der Waals surface area contributed by atoms with Gasteiger partial charge in [-0.25, -0.2) is 9.59 Å². The van der Waals surface area contributed by atoms with E-state index >= 15 is 0 Å². The van der Waals surface area contributed by atoms with Crippen molar-refractivity contribution in [1.82, 2.24) is 5.32 Å². The van der Waals surface area contributed by atoms with Crippen LogP contribution in [0.2, 0.25) is 0 Å². The Kier molecular flexibility index (Phi) is 5.33. The van der Waals surface area contributed by atoms with E-state index in [9.17, 15) is 14.4 Å². The van der Waals surface area contributed by atoms with Crippen molar-refractivity contribution in [3.05, 3.63) is 0 Å². The summed E-state index contributed by atoms with van der Waals surface area (Å²) in [6, 6.07) is 0. The van der Waals surface area contributed by atoms with Gasteiger partial charge in [0.05, 0.1) is 18.1 Å². The molecule has 0 radical (unpaired) electrons. The Hall–Kier alpha value is -1.71. The number of nitrogens with one attached hydrogen (secondary N) is 1. The normalized spacial score (nSPS) is 32.7. The maximum Gasteiger partial charge on any atom is 0.332 e. The average Bonchev–Trinajstić information content (AvgIpc) is 3.04. The molecular formula is C13H19NO8. The maximum atomic E-state index is 11.8. The summed E-state index contributed by atoms with van der Waals surface area (Å²) in [5.74, 6) is -2.33. The highest BCUT2D eigenvalue weighted by Gasteiger charge is 2.58. The predicted molar refractivity (Wildman–Crippen MR) is 70.0 cm³/mol. The molecule has 9 nitrogen and oxygen atoms in total. The van der Waals surface area contributed by atoms with Gasteiger partial charge in [0, 0.05) is 14.2 Å². The Labute approximate surface area is 126 Å². The molecule has 2 saturated heterocycles.